The second kappa shape index (κ2) is 8.80. The predicted molar refractivity (Wildman–Crippen MR) is 104 cm³/mol. The summed E-state index contributed by atoms with van der Waals surface area (Å²) < 4.78 is 18.7. The molecule has 0 aliphatic heterocycles. The van der Waals surface area contributed by atoms with Gasteiger partial charge in [0, 0.05) is 12.2 Å². The molecule has 2 N–H and O–H groups in total. The molecule has 0 unspecified atom stereocenters. The van der Waals surface area contributed by atoms with Gasteiger partial charge < -0.3 is 15.4 Å². The molecule has 1 amide bonds. The number of carbonyl (C=O) groups excluding carboxylic acids is 1. The van der Waals surface area contributed by atoms with Crippen LogP contribution in [0.4, 0.5) is 15.8 Å². The van der Waals surface area contributed by atoms with Crippen LogP contribution in [-0.4, -0.2) is 24.5 Å². The van der Waals surface area contributed by atoms with Crippen molar-refractivity contribution in [1.29, 1.82) is 0 Å². The van der Waals surface area contributed by atoms with Gasteiger partial charge in [-0.2, -0.15) is 0 Å². The Labute approximate surface area is 157 Å². The minimum absolute atomic E-state index is 0.206. The van der Waals surface area contributed by atoms with Crippen LogP contribution in [0, 0.1) is 5.82 Å². The van der Waals surface area contributed by atoms with Crippen LogP contribution < -0.4 is 15.4 Å². The molecule has 0 aliphatic carbocycles. The van der Waals surface area contributed by atoms with Gasteiger partial charge in [-0.1, -0.05) is 18.2 Å². The van der Waals surface area contributed by atoms with Gasteiger partial charge in [0.1, 0.15) is 17.3 Å². The molecule has 3 aromatic rings. The standard InChI is InChI=1S/C21H20FN3O2/c1-27-18-9-6-16(7-10-18)25-21(26)20-11-8-17(14-24-20)23-13-12-15-4-2-3-5-19(15)22/h2-11,14,23H,12-13H2,1H3,(H,25,26). The van der Waals surface area contributed by atoms with E-state index in [0.717, 1.165) is 11.4 Å². The Balaban J connectivity index is 1.53. The summed E-state index contributed by atoms with van der Waals surface area (Å²) in [6.07, 6.45) is 2.15. The van der Waals surface area contributed by atoms with E-state index < -0.39 is 0 Å². The number of ether oxygens (including phenoxy) is 1. The van der Waals surface area contributed by atoms with Gasteiger partial charge in [-0.25, -0.2) is 9.37 Å². The first kappa shape index (κ1) is 18.4. The lowest BCUT2D eigenvalue weighted by Gasteiger charge is -2.08. The third kappa shape index (κ3) is 5.04. The van der Waals surface area contributed by atoms with E-state index in [0.29, 0.717) is 29.9 Å². The smallest absolute Gasteiger partial charge is 0.274 e. The van der Waals surface area contributed by atoms with Gasteiger partial charge in [0.2, 0.25) is 0 Å². The number of hydrogen-bond donors (Lipinski definition) is 2. The normalized spacial score (nSPS) is 10.3. The number of amides is 1. The summed E-state index contributed by atoms with van der Waals surface area (Å²) in [7, 11) is 1.59. The van der Waals surface area contributed by atoms with Gasteiger partial charge in [-0.3, -0.25) is 4.79 Å². The summed E-state index contributed by atoms with van der Waals surface area (Å²) in [4.78, 5) is 16.4. The van der Waals surface area contributed by atoms with E-state index in [1.165, 1.54) is 6.07 Å². The van der Waals surface area contributed by atoms with Crippen molar-refractivity contribution in [2.75, 3.05) is 24.3 Å². The molecule has 2 aromatic carbocycles. The number of halogens is 1. The van der Waals surface area contributed by atoms with Crippen LogP contribution in [-0.2, 0) is 6.42 Å². The Kier molecular flexibility index (Phi) is 5.99. The SMILES string of the molecule is COc1ccc(NC(=O)c2ccc(NCCc3ccccc3F)cn2)cc1. The summed E-state index contributed by atoms with van der Waals surface area (Å²) in [5.41, 5.74) is 2.40. The summed E-state index contributed by atoms with van der Waals surface area (Å²) in [6.45, 7) is 0.569. The Hall–Kier alpha value is -3.41. The summed E-state index contributed by atoms with van der Waals surface area (Å²) in [5.74, 6) is 0.220. The van der Waals surface area contributed by atoms with E-state index in [1.54, 1.807) is 61.8 Å². The summed E-state index contributed by atoms with van der Waals surface area (Å²) in [5, 5.41) is 5.95. The Morgan fingerprint density at radius 3 is 2.44 bits per heavy atom. The van der Waals surface area contributed by atoms with Crippen LogP contribution in [0.5, 0.6) is 5.75 Å². The number of benzene rings is 2. The van der Waals surface area contributed by atoms with Crippen molar-refractivity contribution in [1.82, 2.24) is 4.98 Å². The molecular weight excluding hydrogens is 345 g/mol. The number of methoxy groups -OCH3 is 1. The quantitative estimate of drug-likeness (QED) is 0.661. The first-order valence-electron chi connectivity index (χ1n) is 8.54. The zero-order valence-electron chi connectivity index (χ0n) is 14.9. The van der Waals surface area contributed by atoms with Crippen molar-refractivity contribution in [3.05, 3.63) is 83.9 Å². The number of rotatable bonds is 7. The van der Waals surface area contributed by atoms with Crippen molar-refractivity contribution in [3.63, 3.8) is 0 Å². The zero-order chi connectivity index (χ0) is 19.1. The van der Waals surface area contributed by atoms with Crippen molar-refractivity contribution in [3.8, 4) is 5.75 Å². The average molecular weight is 365 g/mol. The molecule has 0 saturated carbocycles. The average Bonchev–Trinajstić information content (AvgIpc) is 2.70. The minimum Gasteiger partial charge on any atom is -0.497 e. The molecule has 0 radical (unpaired) electrons. The number of aromatic nitrogens is 1. The number of pyridine rings is 1. The topological polar surface area (TPSA) is 63.2 Å². The molecule has 5 nitrogen and oxygen atoms in total. The molecule has 0 spiro atoms. The highest BCUT2D eigenvalue weighted by Gasteiger charge is 2.08. The Bertz CT molecular complexity index is 896. The lowest BCUT2D eigenvalue weighted by atomic mass is 10.1. The van der Waals surface area contributed by atoms with Gasteiger partial charge in [0.05, 0.1) is 19.0 Å². The van der Waals surface area contributed by atoms with Crippen molar-refractivity contribution in [2.45, 2.75) is 6.42 Å². The minimum atomic E-state index is -0.293. The molecule has 0 fully saturated rings. The summed E-state index contributed by atoms with van der Waals surface area (Å²) in [6, 6.07) is 17.2. The molecule has 27 heavy (non-hydrogen) atoms. The van der Waals surface area contributed by atoms with E-state index in [4.69, 9.17) is 4.74 Å². The predicted octanol–water partition coefficient (Wildman–Crippen LogP) is 4.14. The number of hydrogen-bond acceptors (Lipinski definition) is 4. The third-order valence-electron chi connectivity index (χ3n) is 4.03. The molecular formula is C21H20FN3O2. The highest BCUT2D eigenvalue weighted by molar-refractivity contribution is 6.02. The first-order chi connectivity index (χ1) is 13.2. The molecule has 0 bridgehead atoms. The number of nitrogens with one attached hydrogen (secondary N) is 2. The maximum absolute atomic E-state index is 13.6. The molecule has 6 heteroatoms. The largest absolute Gasteiger partial charge is 0.497 e. The van der Waals surface area contributed by atoms with Gasteiger partial charge in [-0.15, -0.1) is 0 Å². The Morgan fingerprint density at radius 1 is 1.04 bits per heavy atom. The molecule has 1 aromatic heterocycles. The van der Waals surface area contributed by atoms with Crippen molar-refractivity contribution in [2.24, 2.45) is 0 Å². The summed E-state index contributed by atoms with van der Waals surface area (Å²) >= 11 is 0. The molecule has 0 atom stereocenters. The molecule has 138 valence electrons. The molecule has 0 aliphatic rings. The van der Waals surface area contributed by atoms with E-state index in [2.05, 4.69) is 15.6 Å². The van der Waals surface area contributed by atoms with E-state index in [1.807, 2.05) is 6.07 Å². The van der Waals surface area contributed by atoms with Crippen LogP contribution in [0.15, 0.2) is 66.9 Å². The van der Waals surface area contributed by atoms with E-state index in [9.17, 15) is 9.18 Å². The monoisotopic (exact) mass is 365 g/mol. The van der Waals surface area contributed by atoms with Gasteiger partial charge in [0.25, 0.3) is 5.91 Å². The fourth-order valence-corrected chi connectivity index (χ4v) is 2.54. The van der Waals surface area contributed by atoms with Crippen molar-refractivity contribution < 1.29 is 13.9 Å². The second-order valence-corrected chi connectivity index (χ2v) is 5.88. The van der Waals surface area contributed by atoms with Gasteiger partial charge >= 0.3 is 0 Å². The Morgan fingerprint density at radius 2 is 1.78 bits per heavy atom. The first-order valence-corrected chi connectivity index (χ1v) is 8.54. The van der Waals surface area contributed by atoms with Crippen molar-refractivity contribution >= 4 is 17.3 Å². The fraction of sp³-hybridized carbons (Fsp3) is 0.143. The molecule has 1 heterocycles. The maximum atomic E-state index is 13.6. The highest BCUT2D eigenvalue weighted by Crippen LogP contribution is 2.16. The van der Waals surface area contributed by atoms with Gasteiger partial charge in [0.15, 0.2) is 0 Å². The van der Waals surface area contributed by atoms with Crippen LogP contribution in [0.2, 0.25) is 0 Å². The highest BCUT2D eigenvalue weighted by atomic mass is 19.1. The maximum Gasteiger partial charge on any atom is 0.274 e. The molecule has 0 saturated heterocycles. The van der Waals surface area contributed by atoms with E-state index >= 15 is 0 Å². The number of anilines is 2. The lowest BCUT2D eigenvalue weighted by molar-refractivity contribution is 0.102. The fourth-order valence-electron chi connectivity index (χ4n) is 2.54. The van der Waals surface area contributed by atoms with Crippen LogP contribution in [0.1, 0.15) is 16.1 Å². The molecule has 3 rings (SSSR count). The van der Waals surface area contributed by atoms with Crippen LogP contribution in [0.3, 0.4) is 0 Å². The van der Waals surface area contributed by atoms with Crippen LogP contribution in [0.25, 0.3) is 0 Å². The van der Waals surface area contributed by atoms with Gasteiger partial charge in [-0.05, 0) is 54.4 Å². The van der Waals surface area contributed by atoms with Crippen LogP contribution >= 0.6 is 0 Å². The second-order valence-electron chi connectivity index (χ2n) is 5.88. The van der Waals surface area contributed by atoms with E-state index in [-0.39, 0.29) is 11.7 Å². The number of nitrogens with zero attached hydrogens (tertiary/aromatic N) is 1. The third-order valence-corrected chi connectivity index (χ3v) is 4.03. The number of carbonyl (C=O) groups is 1. The lowest BCUT2D eigenvalue weighted by Crippen LogP contribution is -2.14. The zero-order valence-corrected chi connectivity index (χ0v) is 14.9.